The van der Waals surface area contributed by atoms with Crippen LogP contribution in [0.15, 0.2) is 36.4 Å². The van der Waals surface area contributed by atoms with Gasteiger partial charge in [0.25, 0.3) is 0 Å². The van der Waals surface area contributed by atoms with E-state index >= 15 is 0 Å². The molecule has 2 rings (SSSR count). The number of hydrogen-bond donors (Lipinski definition) is 4. The minimum atomic E-state index is -1.00. The van der Waals surface area contributed by atoms with Crippen LogP contribution < -0.4 is 10.6 Å². The molecule has 0 atom stereocenters. The molecule has 0 bridgehead atoms. The number of amides is 2. The summed E-state index contributed by atoms with van der Waals surface area (Å²) in [6, 6.07) is 8.66. The molecular formula is C15H13ClN2O4. The van der Waals surface area contributed by atoms with Crippen molar-refractivity contribution in [3.63, 3.8) is 0 Å². The quantitative estimate of drug-likeness (QED) is 0.505. The van der Waals surface area contributed by atoms with Crippen LogP contribution >= 0.6 is 11.6 Å². The summed E-state index contributed by atoms with van der Waals surface area (Å²) in [4.78, 5) is 23.6. The first kappa shape index (κ1) is 15.7. The standard InChI is InChI=1S/C15H13ClN2O4/c1-8-2-4-10(13(20)6-8)17-14(21)15(22)18-11-7-9(16)3-5-12(11)19/h2-7,19-20H,1H3,(H,17,21)(H,18,22). The number of phenols is 2. The van der Waals surface area contributed by atoms with E-state index in [-0.39, 0.29) is 22.9 Å². The van der Waals surface area contributed by atoms with Gasteiger partial charge in [-0.3, -0.25) is 9.59 Å². The monoisotopic (exact) mass is 320 g/mol. The second-order valence-corrected chi connectivity index (χ2v) is 5.03. The molecular weight excluding hydrogens is 308 g/mol. The molecule has 0 radical (unpaired) electrons. The molecule has 0 heterocycles. The first-order valence-electron chi connectivity index (χ1n) is 6.27. The summed E-state index contributed by atoms with van der Waals surface area (Å²) in [7, 11) is 0. The van der Waals surface area contributed by atoms with Crippen molar-refractivity contribution < 1.29 is 19.8 Å². The fraction of sp³-hybridized carbons (Fsp3) is 0.0667. The van der Waals surface area contributed by atoms with E-state index < -0.39 is 11.8 Å². The highest BCUT2D eigenvalue weighted by molar-refractivity contribution is 6.44. The lowest BCUT2D eigenvalue weighted by molar-refractivity contribution is -0.133. The van der Waals surface area contributed by atoms with E-state index in [4.69, 9.17) is 11.6 Å². The summed E-state index contributed by atoms with van der Waals surface area (Å²) in [5.41, 5.74) is 0.936. The van der Waals surface area contributed by atoms with Gasteiger partial charge in [0.1, 0.15) is 11.5 Å². The number of hydrogen-bond acceptors (Lipinski definition) is 4. The summed E-state index contributed by atoms with van der Waals surface area (Å²) >= 11 is 5.75. The van der Waals surface area contributed by atoms with Crippen LogP contribution in [0.2, 0.25) is 5.02 Å². The Hall–Kier alpha value is -2.73. The van der Waals surface area contributed by atoms with Crippen molar-refractivity contribution in [2.75, 3.05) is 10.6 Å². The van der Waals surface area contributed by atoms with E-state index in [1.54, 1.807) is 13.0 Å². The molecule has 2 aromatic rings. The highest BCUT2D eigenvalue weighted by Gasteiger charge is 2.17. The molecule has 0 aromatic heterocycles. The van der Waals surface area contributed by atoms with E-state index in [9.17, 15) is 19.8 Å². The Labute approximate surface area is 131 Å². The highest BCUT2D eigenvalue weighted by atomic mass is 35.5. The van der Waals surface area contributed by atoms with Crippen LogP contribution in [0, 0.1) is 6.92 Å². The number of aryl methyl sites for hydroxylation is 1. The number of benzene rings is 2. The van der Waals surface area contributed by atoms with Crippen molar-refractivity contribution in [1.82, 2.24) is 0 Å². The predicted molar refractivity (Wildman–Crippen MR) is 83.2 cm³/mol. The molecule has 0 spiro atoms. The summed E-state index contributed by atoms with van der Waals surface area (Å²) in [5, 5.41) is 24.1. The summed E-state index contributed by atoms with van der Waals surface area (Å²) in [5.74, 6) is -2.36. The molecule has 2 aromatic carbocycles. The second kappa shape index (κ2) is 6.36. The van der Waals surface area contributed by atoms with Crippen molar-refractivity contribution in [3.8, 4) is 11.5 Å². The van der Waals surface area contributed by atoms with Gasteiger partial charge in [0.2, 0.25) is 0 Å². The number of nitrogens with one attached hydrogen (secondary N) is 2. The zero-order chi connectivity index (χ0) is 16.3. The fourth-order valence-electron chi connectivity index (χ4n) is 1.71. The third kappa shape index (κ3) is 3.67. The van der Waals surface area contributed by atoms with Gasteiger partial charge in [0.15, 0.2) is 0 Å². The lowest BCUT2D eigenvalue weighted by Gasteiger charge is -2.09. The van der Waals surface area contributed by atoms with Crippen LogP contribution in [-0.2, 0) is 9.59 Å². The SMILES string of the molecule is Cc1ccc(NC(=O)C(=O)Nc2cc(Cl)ccc2O)c(O)c1. The Morgan fingerprint density at radius 3 is 2.18 bits per heavy atom. The number of anilines is 2. The lowest BCUT2D eigenvalue weighted by atomic mass is 10.2. The van der Waals surface area contributed by atoms with Crippen LogP contribution in [0.25, 0.3) is 0 Å². The van der Waals surface area contributed by atoms with E-state index in [0.717, 1.165) is 5.56 Å². The molecule has 0 fully saturated rings. The fourth-order valence-corrected chi connectivity index (χ4v) is 1.89. The summed E-state index contributed by atoms with van der Waals surface area (Å²) in [6.07, 6.45) is 0. The van der Waals surface area contributed by atoms with Gasteiger partial charge < -0.3 is 20.8 Å². The van der Waals surface area contributed by atoms with Gasteiger partial charge in [0.05, 0.1) is 11.4 Å². The topological polar surface area (TPSA) is 98.7 Å². The second-order valence-electron chi connectivity index (χ2n) is 4.59. The first-order chi connectivity index (χ1) is 10.4. The molecule has 0 saturated heterocycles. The average Bonchev–Trinajstić information content (AvgIpc) is 2.45. The zero-order valence-electron chi connectivity index (χ0n) is 11.6. The minimum absolute atomic E-state index is 0.0146. The maximum Gasteiger partial charge on any atom is 0.314 e. The van der Waals surface area contributed by atoms with Crippen molar-refractivity contribution in [1.29, 1.82) is 0 Å². The van der Waals surface area contributed by atoms with Gasteiger partial charge >= 0.3 is 11.8 Å². The molecule has 0 saturated carbocycles. The van der Waals surface area contributed by atoms with Crippen molar-refractivity contribution in [2.24, 2.45) is 0 Å². The van der Waals surface area contributed by atoms with Crippen LogP contribution in [0.5, 0.6) is 11.5 Å². The normalized spacial score (nSPS) is 10.1. The van der Waals surface area contributed by atoms with Crippen LogP contribution in [-0.4, -0.2) is 22.0 Å². The molecule has 0 unspecified atom stereocenters. The lowest BCUT2D eigenvalue weighted by Crippen LogP contribution is -2.29. The molecule has 4 N–H and O–H groups in total. The van der Waals surface area contributed by atoms with Crippen molar-refractivity contribution in [3.05, 3.63) is 47.0 Å². The molecule has 0 aliphatic carbocycles. The van der Waals surface area contributed by atoms with E-state index in [2.05, 4.69) is 10.6 Å². The first-order valence-corrected chi connectivity index (χ1v) is 6.65. The van der Waals surface area contributed by atoms with Crippen molar-refractivity contribution in [2.45, 2.75) is 6.92 Å². The van der Waals surface area contributed by atoms with Crippen molar-refractivity contribution >= 4 is 34.8 Å². The average molecular weight is 321 g/mol. The Morgan fingerprint density at radius 1 is 0.909 bits per heavy atom. The summed E-state index contributed by atoms with van der Waals surface area (Å²) in [6.45, 7) is 1.78. The largest absolute Gasteiger partial charge is 0.506 e. The smallest absolute Gasteiger partial charge is 0.314 e. The van der Waals surface area contributed by atoms with Crippen LogP contribution in [0.1, 0.15) is 5.56 Å². The van der Waals surface area contributed by atoms with Crippen LogP contribution in [0.4, 0.5) is 11.4 Å². The third-order valence-electron chi connectivity index (χ3n) is 2.81. The van der Waals surface area contributed by atoms with Gasteiger partial charge in [0, 0.05) is 5.02 Å². The van der Waals surface area contributed by atoms with E-state index in [1.807, 2.05) is 0 Å². The van der Waals surface area contributed by atoms with Gasteiger partial charge in [-0.25, -0.2) is 0 Å². The van der Waals surface area contributed by atoms with E-state index in [0.29, 0.717) is 5.02 Å². The summed E-state index contributed by atoms with van der Waals surface area (Å²) < 4.78 is 0. The number of carbonyl (C=O) groups is 2. The number of halogens is 1. The van der Waals surface area contributed by atoms with Gasteiger partial charge in [-0.15, -0.1) is 0 Å². The zero-order valence-corrected chi connectivity index (χ0v) is 12.3. The Balaban J connectivity index is 2.09. The van der Waals surface area contributed by atoms with Gasteiger partial charge in [-0.2, -0.15) is 0 Å². The molecule has 2 amide bonds. The Morgan fingerprint density at radius 2 is 1.55 bits per heavy atom. The number of phenolic OH excluding ortho intramolecular Hbond substituents is 2. The predicted octanol–water partition coefficient (Wildman–Crippen LogP) is 2.64. The maximum absolute atomic E-state index is 11.8. The molecule has 22 heavy (non-hydrogen) atoms. The molecule has 114 valence electrons. The van der Waals surface area contributed by atoms with E-state index in [1.165, 1.54) is 30.3 Å². The Bertz CT molecular complexity index is 746. The van der Waals surface area contributed by atoms with Crippen LogP contribution in [0.3, 0.4) is 0 Å². The number of rotatable bonds is 2. The van der Waals surface area contributed by atoms with Gasteiger partial charge in [-0.1, -0.05) is 17.7 Å². The number of aromatic hydroxyl groups is 2. The highest BCUT2D eigenvalue weighted by Crippen LogP contribution is 2.27. The molecule has 0 aliphatic heterocycles. The van der Waals surface area contributed by atoms with Gasteiger partial charge in [-0.05, 0) is 42.8 Å². The third-order valence-corrected chi connectivity index (χ3v) is 3.05. The minimum Gasteiger partial charge on any atom is -0.506 e. The Kier molecular flexibility index (Phi) is 4.53. The molecule has 7 heteroatoms. The molecule has 0 aliphatic rings. The number of carbonyl (C=O) groups excluding carboxylic acids is 2. The molecule has 6 nitrogen and oxygen atoms in total. The maximum atomic E-state index is 11.8.